The maximum atomic E-state index is 11.5. The summed E-state index contributed by atoms with van der Waals surface area (Å²) in [6.45, 7) is 2.05. The van der Waals surface area contributed by atoms with Crippen LogP contribution in [0.4, 0.5) is 0 Å². The predicted molar refractivity (Wildman–Crippen MR) is 56.6 cm³/mol. The molecule has 0 saturated heterocycles. The third-order valence-electron chi connectivity index (χ3n) is 2.26. The van der Waals surface area contributed by atoms with Crippen molar-refractivity contribution in [1.82, 2.24) is 5.32 Å². The monoisotopic (exact) mass is 225 g/mol. The Hall–Kier alpha value is -1.78. The normalized spacial score (nSPS) is 12.1. The first-order chi connectivity index (χ1) is 7.59. The molecule has 0 aliphatic carbocycles. The molecule has 0 saturated carbocycles. The second-order valence-corrected chi connectivity index (χ2v) is 3.63. The number of carboxylic acid groups (broad SMARTS) is 1. The van der Waals surface area contributed by atoms with Gasteiger partial charge in [0.2, 0.25) is 5.91 Å². The standard InChI is InChI=1S/C11H15NO4/c1-8(4-5-10(13)14)11(15)12-7-9-3-2-6-16-9/h2-3,6,8H,4-5,7H2,1H3,(H,12,15)(H,13,14). The van der Waals surface area contributed by atoms with Crippen LogP contribution < -0.4 is 5.32 Å². The lowest BCUT2D eigenvalue weighted by molar-refractivity contribution is -0.137. The van der Waals surface area contributed by atoms with Gasteiger partial charge in [-0.25, -0.2) is 0 Å². The molecule has 0 radical (unpaired) electrons. The van der Waals surface area contributed by atoms with Crippen molar-refractivity contribution in [2.75, 3.05) is 0 Å². The number of rotatable bonds is 6. The van der Waals surface area contributed by atoms with Crippen LogP contribution in [0.5, 0.6) is 0 Å². The fourth-order valence-electron chi connectivity index (χ4n) is 1.23. The van der Waals surface area contributed by atoms with E-state index in [1.807, 2.05) is 0 Å². The quantitative estimate of drug-likeness (QED) is 0.766. The van der Waals surface area contributed by atoms with Gasteiger partial charge in [0.1, 0.15) is 5.76 Å². The van der Waals surface area contributed by atoms with Crippen LogP contribution in [0.1, 0.15) is 25.5 Å². The maximum Gasteiger partial charge on any atom is 0.303 e. The second-order valence-electron chi connectivity index (χ2n) is 3.63. The van der Waals surface area contributed by atoms with Gasteiger partial charge < -0.3 is 14.8 Å². The third kappa shape index (κ3) is 4.16. The number of carboxylic acids is 1. The minimum Gasteiger partial charge on any atom is -0.481 e. The van der Waals surface area contributed by atoms with Gasteiger partial charge in [0.25, 0.3) is 0 Å². The van der Waals surface area contributed by atoms with Crippen LogP contribution in [0, 0.1) is 5.92 Å². The van der Waals surface area contributed by atoms with E-state index >= 15 is 0 Å². The average Bonchev–Trinajstić information content (AvgIpc) is 2.75. The van der Waals surface area contributed by atoms with E-state index in [1.54, 1.807) is 19.1 Å². The van der Waals surface area contributed by atoms with E-state index in [2.05, 4.69) is 5.32 Å². The van der Waals surface area contributed by atoms with Crippen molar-refractivity contribution < 1.29 is 19.1 Å². The Morgan fingerprint density at radius 1 is 1.56 bits per heavy atom. The summed E-state index contributed by atoms with van der Waals surface area (Å²) in [4.78, 5) is 21.8. The molecule has 1 rings (SSSR count). The molecule has 0 spiro atoms. The van der Waals surface area contributed by atoms with Crippen LogP contribution >= 0.6 is 0 Å². The van der Waals surface area contributed by atoms with Gasteiger partial charge in [-0.1, -0.05) is 6.92 Å². The largest absolute Gasteiger partial charge is 0.481 e. The Labute approximate surface area is 93.4 Å². The molecule has 1 aromatic rings. The molecule has 5 heteroatoms. The molecule has 1 unspecified atom stereocenters. The van der Waals surface area contributed by atoms with Gasteiger partial charge in [-0.05, 0) is 18.6 Å². The molecule has 0 fully saturated rings. The third-order valence-corrected chi connectivity index (χ3v) is 2.26. The molecule has 0 aliphatic rings. The van der Waals surface area contributed by atoms with E-state index in [-0.39, 0.29) is 18.2 Å². The highest BCUT2D eigenvalue weighted by atomic mass is 16.4. The fourth-order valence-corrected chi connectivity index (χ4v) is 1.23. The van der Waals surface area contributed by atoms with Crippen LogP contribution in [-0.4, -0.2) is 17.0 Å². The average molecular weight is 225 g/mol. The van der Waals surface area contributed by atoms with Crippen molar-refractivity contribution in [3.63, 3.8) is 0 Å². The molecule has 0 aromatic carbocycles. The van der Waals surface area contributed by atoms with Crippen LogP contribution in [0.15, 0.2) is 22.8 Å². The van der Waals surface area contributed by atoms with Gasteiger partial charge >= 0.3 is 5.97 Å². The first kappa shape index (κ1) is 12.3. The van der Waals surface area contributed by atoms with E-state index in [1.165, 1.54) is 6.26 Å². The highest BCUT2D eigenvalue weighted by molar-refractivity contribution is 5.78. The van der Waals surface area contributed by atoms with Crippen molar-refractivity contribution in [3.8, 4) is 0 Å². The Morgan fingerprint density at radius 3 is 2.88 bits per heavy atom. The number of nitrogens with one attached hydrogen (secondary N) is 1. The van der Waals surface area contributed by atoms with Gasteiger partial charge in [0.05, 0.1) is 12.8 Å². The number of carbonyl (C=O) groups is 2. The predicted octanol–water partition coefficient (Wildman–Crippen LogP) is 1.40. The zero-order valence-corrected chi connectivity index (χ0v) is 9.10. The molecule has 5 nitrogen and oxygen atoms in total. The van der Waals surface area contributed by atoms with Crippen molar-refractivity contribution in [2.24, 2.45) is 5.92 Å². The van der Waals surface area contributed by atoms with E-state index < -0.39 is 5.97 Å². The topological polar surface area (TPSA) is 79.5 Å². The molecule has 1 aromatic heterocycles. The molecule has 1 heterocycles. The zero-order valence-electron chi connectivity index (χ0n) is 9.10. The van der Waals surface area contributed by atoms with Crippen molar-refractivity contribution in [3.05, 3.63) is 24.2 Å². The van der Waals surface area contributed by atoms with E-state index in [0.29, 0.717) is 18.7 Å². The first-order valence-electron chi connectivity index (χ1n) is 5.11. The summed E-state index contributed by atoms with van der Waals surface area (Å²) in [5.41, 5.74) is 0. The molecular formula is C11H15NO4. The summed E-state index contributed by atoms with van der Waals surface area (Å²) >= 11 is 0. The van der Waals surface area contributed by atoms with Gasteiger partial charge in [-0.3, -0.25) is 9.59 Å². The van der Waals surface area contributed by atoms with Gasteiger partial charge in [-0.15, -0.1) is 0 Å². The Balaban J connectivity index is 2.26. The van der Waals surface area contributed by atoms with Crippen LogP contribution in [-0.2, 0) is 16.1 Å². The summed E-state index contributed by atoms with van der Waals surface area (Å²) in [5, 5.41) is 11.2. The van der Waals surface area contributed by atoms with Gasteiger partial charge in [-0.2, -0.15) is 0 Å². The van der Waals surface area contributed by atoms with Crippen LogP contribution in [0.3, 0.4) is 0 Å². The lowest BCUT2D eigenvalue weighted by Gasteiger charge is -2.09. The highest BCUT2D eigenvalue weighted by Crippen LogP contribution is 2.06. The Kier molecular flexibility index (Phi) is 4.57. The molecule has 0 bridgehead atoms. The molecule has 1 amide bonds. The van der Waals surface area contributed by atoms with Gasteiger partial charge in [0.15, 0.2) is 0 Å². The number of amides is 1. The second kappa shape index (κ2) is 5.95. The summed E-state index contributed by atoms with van der Waals surface area (Å²) in [7, 11) is 0. The molecule has 2 N–H and O–H groups in total. The summed E-state index contributed by atoms with van der Waals surface area (Å²) in [6, 6.07) is 3.51. The molecule has 16 heavy (non-hydrogen) atoms. The molecular weight excluding hydrogens is 210 g/mol. The lowest BCUT2D eigenvalue weighted by atomic mass is 10.1. The van der Waals surface area contributed by atoms with E-state index in [4.69, 9.17) is 9.52 Å². The minimum atomic E-state index is -0.884. The van der Waals surface area contributed by atoms with E-state index in [9.17, 15) is 9.59 Å². The molecule has 88 valence electrons. The van der Waals surface area contributed by atoms with Crippen LogP contribution in [0.2, 0.25) is 0 Å². The zero-order chi connectivity index (χ0) is 12.0. The Morgan fingerprint density at radius 2 is 2.31 bits per heavy atom. The SMILES string of the molecule is CC(CCC(=O)O)C(=O)NCc1ccco1. The number of aliphatic carboxylic acids is 1. The number of hydrogen-bond donors (Lipinski definition) is 2. The summed E-state index contributed by atoms with van der Waals surface area (Å²) in [6.07, 6.45) is 1.89. The maximum absolute atomic E-state index is 11.5. The Bertz CT molecular complexity index is 345. The fraction of sp³-hybridized carbons (Fsp3) is 0.455. The van der Waals surface area contributed by atoms with E-state index in [0.717, 1.165) is 0 Å². The van der Waals surface area contributed by atoms with Crippen molar-refractivity contribution >= 4 is 11.9 Å². The van der Waals surface area contributed by atoms with Gasteiger partial charge in [0, 0.05) is 12.3 Å². The minimum absolute atomic E-state index is 0.00926. The summed E-state index contributed by atoms with van der Waals surface area (Å²) < 4.78 is 5.05. The molecule has 0 aliphatic heterocycles. The van der Waals surface area contributed by atoms with Crippen molar-refractivity contribution in [2.45, 2.75) is 26.3 Å². The number of furan rings is 1. The molecule has 1 atom stereocenters. The first-order valence-corrected chi connectivity index (χ1v) is 5.11. The highest BCUT2D eigenvalue weighted by Gasteiger charge is 2.14. The number of carbonyl (C=O) groups excluding carboxylic acids is 1. The lowest BCUT2D eigenvalue weighted by Crippen LogP contribution is -2.28. The smallest absolute Gasteiger partial charge is 0.303 e. The number of hydrogen-bond acceptors (Lipinski definition) is 3. The van der Waals surface area contributed by atoms with Crippen molar-refractivity contribution in [1.29, 1.82) is 0 Å². The summed E-state index contributed by atoms with van der Waals surface area (Å²) in [5.74, 6) is -0.659. The van der Waals surface area contributed by atoms with Crippen LogP contribution in [0.25, 0.3) is 0 Å².